The molecule has 0 unspecified atom stereocenters. The van der Waals surface area contributed by atoms with Crippen LogP contribution in [0.15, 0.2) is 72.8 Å². The van der Waals surface area contributed by atoms with Gasteiger partial charge < -0.3 is 20.1 Å². The molecule has 27 heavy (non-hydrogen) atoms. The second kappa shape index (κ2) is 8.96. The molecular weight excluding hydrogens is 364 g/mol. The summed E-state index contributed by atoms with van der Waals surface area (Å²) in [4.78, 5) is 12.2. The highest BCUT2D eigenvalue weighted by molar-refractivity contribution is 6.17. The third-order valence-electron chi connectivity index (χ3n) is 3.78. The van der Waals surface area contributed by atoms with Gasteiger partial charge in [-0.05, 0) is 54.6 Å². The van der Waals surface area contributed by atoms with Crippen molar-refractivity contribution in [2.45, 2.75) is 5.88 Å². The zero-order valence-corrected chi connectivity index (χ0v) is 15.5. The molecule has 3 aromatic carbocycles. The van der Waals surface area contributed by atoms with Gasteiger partial charge in [-0.25, -0.2) is 4.79 Å². The molecule has 0 aliphatic rings. The lowest BCUT2D eigenvalue weighted by atomic mass is 10.2. The van der Waals surface area contributed by atoms with Gasteiger partial charge in [0.2, 0.25) is 0 Å². The van der Waals surface area contributed by atoms with E-state index in [1.54, 1.807) is 49.6 Å². The molecule has 0 aromatic heterocycles. The van der Waals surface area contributed by atoms with Gasteiger partial charge >= 0.3 is 6.03 Å². The minimum Gasteiger partial charge on any atom is -0.497 e. The number of halogens is 1. The van der Waals surface area contributed by atoms with E-state index in [0.717, 1.165) is 17.1 Å². The Kier molecular flexibility index (Phi) is 6.18. The summed E-state index contributed by atoms with van der Waals surface area (Å²) >= 11 is 6.04. The molecule has 5 nitrogen and oxygen atoms in total. The van der Waals surface area contributed by atoms with Crippen molar-refractivity contribution in [1.29, 1.82) is 0 Å². The number of rotatable bonds is 6. The lowest BCUT2D eigenvalue weighted by Crippen LogP contribution is -2.19. The van der Waals surface area contributed by atoms with Crippen molar-refractivity contribution < 1.29 is 14.3 Å². The Balaban J connectivity index is 1.66. The lowest BCUT2D eigenvalue weighted by Gasteiger charge is -2.13. The van der Waals surface area contributed by atoms with E-state index >= 15 is 0 Å². The average Bonchev–Trinajstić information content (AvgIpc) is 2.70. The number of methoxy groups -OCH3 is 1. The average molecular weight is 383 g/mol. The van der Waals surface area contributed by atoms with Crippen LogP contribution in [0, 0.1) is 0 Å². The number of benzene rings is 3. The highest BCUT2D eigenvalue weighted by Crippen LogP contribution is 2.29. The van der Waals surface area contributed by atoms with Crippen LogP contribution < -0.4 is 20.1 Å². The third-order valence-corrected chi connectivity index (χ3v) is 4.07. The molecule has 2 N–H and O–H groups in total. The molecule has 6 heteroatoms. The standard InChI is InChI=1S/C21H19ClN2O3/c1-26-18-10-7-16(8-11-18)23-21(25)24-17-9-12-20(15(13-17)14-22)27-19-5-3-2-4-6-19/h2-13H,14H2,1H3,(H2,23,24,25). The second-order valence-electron chi connectivity index (χ2n) is 5.68. The van der Waals surface area contributed by atoms with Gasteiger partial charge in [0, 0.05) is 16.9 Å². The number of ether oxygens (including phenoxy) is 2. The van der Waals surface area contributed by atoms with Crippen LogP contribution in [0.5, 0.6) is 17.2 Å². The summed E-state index contributed by atoms with van der Waals surface area (Å²) in [5.41, 5.74) is 2.06. The van der Waals surface area contributed by atoms with Crippen LogP contribution in [0.2, 0.25) is 0 Å². The predicted molar refractivity (Wildman–Crippen MR) is 108 cm³/mol. The van der Waals surface area contributed by atoms with Crippen LogP contribution in [-0.4, -0.2) is 13.1 Å². The predicted octanol–water partition coefficient (Wildman–Crippen LogP) is 5.87. The fourth-order valence-electron chi connectivity index (χ4n) is 2.44. The van der Waals surface area contributed by atoms with Crippen LogP contribution in [0.3, 0.4) is 0 Å². The van der Waals surface area contributed by atoms with E-state index < -0.39 is 0 Å². The van der Waals surface area contributed by atoms with Crippen molar-refractivity contribution >= 4 is 29.0 Å². The van der Waals surface area contributed by atoms with Crippen molar-refractivity contribution in [2.75, 3.05) is 17.7 Å². The van der Waals surface area contributed by atoms with Crippen LogP contribution in [0.1, 0.15) is 5.56 Å². The summed E-state index contributed by atoms with van der Waals surface area (Å²) in [5, 5.41) is 5.55. The summed E-state index contributed by atoms with van der Waals surface area (Å²) in [6.45, 7) is 0. The molecular formula is C21H19ClN2O3. The van der Waals surface area contributed by atoms with Gasteiger partial charge in [0.1, 0.15) is 17.2 Å². The van der Waals surface area contributed by atoms with E-state index in [4.69, 9.17) is 21.1 Å². The summed E-state index contributed by atoms with van der Waals surface area (Å²) in [7, 11) is 1.59. The fraction of sp³-hybridized carbons (Fsp3) is 0.0952. The quantitative estimate of drug-likeness (QED) is 0.524. The van der Waals surface area contributed by atoms with Gasteiger partial charge in [-0.1, -0.05) is 18.2 Å². The second-order valence-corrected chi connectivity index (χ2v) is 5.95. The molecule has 0 aliphatic heterocycles. The minimum atomic E-state index is -0.350. The molecule has 3 rings (SSSR count). The Bertz CT molecular complexity index is 899. The van der Waals surface area contributed by atoms with Crippen LogP contribution in [-0.2, 0) is 5.88 Å². The normalized spacial score (nSPS) is 10.1. The zero-order valence-electron chi connectivity index (χ0n) is 14.7. The summed E-state index contributed by atoms with van der Waals surface area (Å²) in [6, 6.07) is 21.5. The zero-order chi connectivity index (χ0) is 19.1. The number of alkyl halides is 1. The van der Waals surface area contributed by atoms with Gasteiger partial charge in [-0.15, -0.1) is 11.6 Å². The Hall–Kier alpha value is -3.18. The number of urea groups is 1. The molecule has 0 saturated heterocycles. The number of anilines is 2. The van der Waals surface area contributed by atoms with Crippen molar-refractivity contribution in [3.8, 4) is 17.2 Å². The minimum absolute atomic E-state index is 0.262. The topological polar surface area (TPSA) is 59.6 Å². The number of carbonyl (C=O) groups is 1. The molecule has 3 aromatic rings. The van der Waals surface area contributed by atoms with Crippen molar-refractivity contribution in [1.82, 2.24) is 0 Å². The van der Waals surface area contributed by atoms with E-state index in [1.165, 1.54) is 0 Å². The Morgan fingerprint density at radius 1 is 0.889 bits per heavy atom. The number of nitrogens with one attached hydrogen (secondary N) is 2. The summed E-state index contributed by atoms with van der Waals surface area (Å²) in [5.74, 6) is 2.36. The summed E-state index contributed by atoms with van der Waals surface area (Å²) in [6.07, 6.45) is 0. The highest BCUT2D eigenvalue weighted by Gasteiger charge is 2.08. The van der Waals surface area contributed by atoms with Gasteiger partial charge in [-0.2, -0.15) is 0 Å². The number of carbonyl (C=O) groups excluding carboxylic acids is 1. The first-order chi connectivity index (χ1) is 13.2. The Morgan fingerprint density at radius 2 is 1.56 bits per heavy atom. The van der Waals surface area contributed by atoms with E-state index in [9.17, 15) is 4.79 Å². The maximum atomic E-state index is 12.2. The van der Waals surface area contributed by atoms with Crippen molar-refractivity contribution in [3.63, 3.8) is 0 Å². The van der Waals surface area contributed by atoms with E-state index in [-0.39, 0.29) is 11.9 Å². The van der Waals surface area contributed by atoms with Crippen LogP contribution in [0.25, 0.3) is 0 Å². The van der Waals surface area contributed by atoms with E-state index in [1.807, 2.05) is 30.3 Å². The number of hydrogen-bond acceptors (Lipinski definition) is 3. The molecule has 138 valence electrons. The van der Waals surface area contributed by atoms with E-state index in [2.05, 4.69) is 10.6 Å². The lowest BCUT2D eigenvalue weighted by molar-refractivity contribution is 0.262. The number of hydrogen-bond donors (Lipinski definition) is 2. The third kappa shape index (κ3) is 5.15. The molecule has 0 atom stereocenters. The van der Waals surface area contributed by atoms with Crippen molar-refractivity contribution in [2.24, 2.45) is 0 Å². The first-order valence-electron chi connectivity index (χ1n) is 8.32. The van der Waals surface area contributed by atoms with Gasteiger partial charge in [-0.3, -0.25) is 0 Å². The first-order valence-corrected chi connectivity index (χ1v) is 8.85. The molecule has 0 fully saturated rings. The largest absolute Gasteiger partial charge is 0.497 e. The first kappa shape index (κ1) is 18.6. The van der Waals surface area contributed by atoms with E-state index in [0.29, 0.717) is 17.1 Å². The number of amides is 2. The maximum Gasteiger partial charge on any atom is 0.323 e. The van der Waals surface area contributed by atoms with Crippen LogP contribution in [0.4, 0.5) is 16.2 Å². The van der Waals surface area contributed by atoms with Gasteiger partial charge in [0.25, 0.3) is 0 Å². The molecule has 0 bridgehead atoms. The Morgan fingerprint density at radius 3 is 2.22 bits per heavy atom. The van der Waals surface area contributed by atoms with Crippen LogP contribution >= 0.6 is 11.6 Å². The maximum absolute atomic E-state index is 12.2. The SMILES string of the molecule is COc1ccc(NC(=O)Nc2ccc(Oc3ccccc3)c(CCl)c2)cc1. The molecule has 0 radical (unpaired) electrons. The smallest absolute Gasteiger partial charge is 0.323 e. The fourth-order valence-corrected chi connectivity index (χ4v) is 2.65. The molecule has 0 heterocycles. The molecule has 0 spiro atoms. The molecule has 0 aliphatic carbocycles. The highest BCUT2D eigenvalue weighted by atomic mass is 35.5. The molecule has 2 amide bonds. The number of para-hydroxylation sites is 1. The van der Waals surface area contributed by atoms with Gasteiger partial charge in [0.15, 0.2) is 0 Å². The Labute approximate surface area is 162 Å². The monoisotopic (exact) mass is 382 g/mol. The van der Waals surface area contributed by atoms with Gasteiger partial charge in [0.05, 0.1) is 13.0 Å². The molecule has 0 saturated carbocycles. The summed E-state index contributed by atoms with van der Waals surface area (Å²) < 4.78 is 10.9. The van der Waals surface area contributed by atoms with Crippen molar-refractivity contribution in [3.05, 3.63) is 78.4 Å².